The van der Waals surface area contributed by atoms with E-state index in [1.165, 1.54) is 0 Å². The van der Waals surface area contributed by atoms with Crippen molar-refractivity contribution in [3.8, 4) is 0 Å². The van der Waals surface area contributed by atoms with E-state index in [2.05, 4.69) is 52.6 Å². The van der Waals surface area contributed by atoms with Gasteiger partial charge < -0.3 is 22.1 Å². The first-order chi connectivity index (χ1) is 24.4. The number of benzene rings is 4. The second-order valence-electron chi connectivity index (χ2n) is 12.2. The highest BCUT2D eigenvalue weighted by molar-refractivity contribution is 5.64. The van der Waals surface area contributed by atoms with E-state index in [1.54, 1.807) is 0 Å². The Morgan fingerprint density at radius 2 is 0.820 bits per heavy atom. The third kappa shape index (κ3) is 9.19. The molecule has 0 fully saturated rings. The standard InChI is InChI=1S/C38H42N12/c1-47-25-27-49(37(47)45-43-35-19-15-33(16-20-35)41-31-11-7-29(39)8-12-31)23-5-3-4-6-24-50-28-26-48(2)38(50)46-44-36-21-17-34(18-22-36)42-32-13-9-30(40)10-14-32/h7-22,25-28H,3-6,23-24H2,1-2H3,(H4,39,40,43,44)/p+2. The molecule has 2 aromatic heterocycles. The first-order valence-electron chi connectivity index (χ1n) is 16.8. The molecule has 0 bridgehead atoms. The van der Waals surface area contributed by atoms with E-state index in [0.29, 0.717) is 0 Å². The van der Waals surface area contributed by atoms with E-state index in [4.69, 9.17) is 11.5 Å². The van der Waals surface area contributed by atoms with Crippen molar-refractivity contribution in [2.75, 3.05) is 22.1 Å². The van der Waals surface area contributed by atoms with Crippen LogP contribution in [0.15, 0.2) is 142 Å². The first-order valence-corrected chi connectivity index (χ1v) is 16.8. The number of nitrogens with one attached hydrogen (secondary N) is 2. The molecule has 254 valence electrons. The molecule has 2 heterocycles. The number of aryl methyl sites for hydroxylation is 4. The van der Waals surface area contributed by atoms with Gasteiger partial charge in [-0.1, -0.05) is 23.1 Å². The Morgan fingerprint density at radius 3 is 1.18 bits per heavy atom. The van der Waals surface area contributed by atoms with Gasteiger partial charge >= 0.3 is 11.9 Å². The fraction of sp³-hybridized carbons (Fsp3) is 0.211. The number of unbranched alkanes of at least 4 members (excludes halogenated alkanes) is 3. The smallest absolute Gasteiger partial charge is 0.399 e. The maximum absolute atomic E-state index is 5.78. The predicted octanol–water partition coefficient (Wildman–Crippen LogP) is 8.68. The lowest BCUT2D eigenvalue weighted by molar-refractivity contribution is -0.657. The summed E-state index contributed by atoms with van der Waals surface area (Å²) in [5.41, 5.74) is 18.5. The molecule has 0 radical (unpaired) electrons. The third-order valence-corrected chi connectivity index (χ3v) is 8.28. The number of anilines is 6. The molecule has 6 aromatic rings. The lowest BCUT2D eigenvalue weighted by Crippen LogP contribution is -2.25. The molecule has 0 saturated heterocycles. The number of azo groups is 2. The summed E-state index contributed by atoms with van der Waals surface area (Å²) in [6.45, 7) is 1.76. The second-order valence-corrected chi connectivity index (χ2v) is 12.2. The number of nitrogen functional groups attached to an aromatic ring is 2. The second kappa shape index (κ2) is 16.2. The van der Waals surface area contributed by atoms with Crippen molar-refractivity contribution in [1.29, 1.82) is 0 Å². The summed E-state index contributed by atoms with van der Waals surface area (Å²) in [6, 6.07) is 31.1. The van der Waals surface area contributed by atoms with Gasteiger partial charge in [0.1, 0.15) is 11.4 Å². The average Bonchev–Trinajstić information content (AvgIpc) is 3.67. The molecule has 0 atom stereocenters. The Balaban J connectivity index is 0.944. The van der Waals surface area contributed by atoms with Gasteiger partial charge in [-0.15, -0.1) is 0 Å². The Kier molecular flexibility index (Phi) is 10.9. The van der Waals surface area contributed by atoms with Crippen LogP contribution in [-0.4, -0.2) is 9.13 Å². The summed E-state index contributed by atoms with van der Waals surface area (Å²) in [6.07, 6.45) is 12.5. The van der Waals surface area contributed by atoms with Crippen molar-refractivity contribution in [2.45, 2.75) is 38.8 Å². The summed E-state index contributed by atoms with van der Waals surface area (Å²) in [5.74, 6) is 1.63. The van der Waals surface area contributed by atoms with Crippen molar-refractivity contribution >= 4 is 57.4 Å². The first kappa shape index (κ1) is 33.6. The Bertz CT molecular complexity index is 1870. The lowest BCUT2D eigenvalue weighted by atomic mass is 10.2. The molecule has 6 rings (SSSR count). The van der Waals surface area contributed by atoms with Gasteiger partial charge in [0.05, 0.1) is 52.0 Å². The van der Waals surface area contributed by atoms with Crippen LogP contribution in [0.2, 0.25) is 0 Å². The highest BCUT2D eigenvalue weighted by atomic mass is 15.3. The van der Waals surface area contributed by atoms with Gasteiger partial charge in [-0.2, -0.15) is 0 Å². The number of hydrogen-bond donors (Lipinski definition) is 4. The molecule has 0 spiro atoms. The Labute approximate surface area is 292 Å². The Morgan fingerprint density at radius 1 is 0.480 bits per heavy atom. The SMILES string of the molecule is C[n+]1ccn(CCCCCCn2cc[n+](C)c2N=Nc2ccc(Nc3ccc(N)cc3)cc2)c1N=Nc1ccc(Nc2ccc(N)cc2)cc1. The number of imidazole rings is 2. The fourth-order valence-electron chi connectivity index (χ4n) is 5.45. The van der Waals surface area contributed by atoms with Crippen LogP contribution in [0, 0.1) is 0 Å². The highest BCUT2D eigenvalue weighted by Gasteiger charge is 2.16. The quantitative estimate of drug-likeness (QED) is 0.0376. The molecule has 4 aromatic carbocycles. The van der Waals surface area contributed by atoms with Crippen LogP contribution in [0.1, 0.15) is 25.7 Å². The van der Waals surface area contributed by atoms with E-state index in [0.717, 1.165) is 96.2 Å². The lowest BCUT2D eigenvalue weighted by Gasteiger charge is -2.06. The molecule has 0 amide bonds. The minimum absolute atomic E-state index is 0.740. The Hall–Kier alpha value is -6.30. The number of rotatable bonds is 15. The van der Waals surface area contributed by atoms with Crippen LogP contribution < -0.4 is 31.2 Å². The molecule has 50 heavy (non-hydrogen) atoms. The topological polar surface area (TPSA) is 143 Å². The van der Waals surface area contributed by atoms with Gasteiger partial charge in [-0.05, 0) is 110 Å². The van der Waals surface area contributed by atoms with Crippen LogP contribution >= 0.6 is 0 Å². The zero-order valence-corrected chi connectivity index (χ0v) is 28.5. The maximum Gasteiger partial charge on any atom is 0.421 e. The van der Waals surface area contributed by atoms with Gasteiger partial charge in [0.2, 0.25) is 0 Å². The number of aromatic nitrogens is 4. The predicted molar refractivity (Wildman–Crippen MR) is 199 cm³/mol. The van der Waals surface area contributed by atoms with Gasteiger partial charge in [-0.25, -0.2) is 18.3 Å². The maximum atomic E-state index is 5.78. The number of hydrogen-bond acceptors (Lipinski definition) is 8. The van der Waals surface area contributed by atoms with E-state index >= 15 is 0 Å². The number of nitrogens with two attached hydrogens (primary N) is 2. The highest BCUT2D eigenvalue weighted by Crippen LogP contribution is 2.24. The van der Waals surface area contributed by atoms with E-state index in [9.17, 15) is 0 Å². The number of nitrogens with zero attached hydrogens (tertiary/aromatic N) is 8. The molecule has 12 nitrogen and oxygen atoms in total. The van der Waals surface area contributed by atoms with Crippen LogP contribution in [0.3, 0.4) is 0 Å². The summed E-state index contributed by atoms with van der Waals surface area (Å²) in [5, 5.41) is 24.9. The normalized spacial score (nSPS) is 11.5. The molecule has 0 aliphatic rings. The molecular weight excluding hydrogens is 625 g/mol. The van der Waals surface area contributed by atoms with E-state index in [-0.39, 0.29) is 0 Å². The van der Waals surface area contributed by atoms with Crippen LogP contribution in [0.4, 0.5) is 57.4 Å². The fourth-order valence-corrected chi connectivity index (χ4v) is 5.45. The third-order valence-electron chi connectivity index (χ3n) is 8.28. The van der Waals surface area contributed by atoms with Crippen molar-refractivity contribution in [3.05, 3.63) is 122 Å². The molecular formula is C38H44N12+2. The molecule has 12 heteroatoms. The van der Waals surface area contributed by atoms with Gasteiger partial charge in [0.15, 0.2) is 0 Å². The molecule has 0 saturated carbocycles. The van der Waals surface area contributed by atoms with Crippen molar-refractivity contribution in [3.63, 3.8) is 0 Å². The van der Waals surface area contributed by atoms with Gasteiger partial charge in [-0.3, -0.25) is 0 Å². The largest absolute Gasteiger partial charge is 0.421 e. The van der Waals surface area contributed by atoms with Gasteiger partial charge in [0.25, 0.3) is 0 Å². The van der Waals surface area contributed by atoms with E-state index < -0.39 is 0 Å². The van der Waals surface area contributed by atoms with Crippen LogP contribution in [-0.2, 0) is 27.2 Å². The van der Waals surface area contributed by atoms with Crippen molar-refractivity contribution < 1.29 is 9.13 Å². The zero-order chi connectivity index (χ0) is 34.7. The van der Waals surface area contributed by atoms with Gasteiger partial charge in [0, 0.05) is 44.4 Å². The summed E-state index contributed by atoms with van der Waals surface area (Å²) < 4.78 is 8.31. The van der Waals surface area contributed by atoms with Crippen molar-refractivity contribution in [1.82, 2.24) is 9.13 Å². The monoisotopic (exact) mass is 668 g/mol. The van der Waals surface area contributed by atoms with Crippen molar-refractivity contribution in [2.24, 2.45) is 34.6 Å². The van der Waals surface area contributed by atoms with E-state index in [1.807, 2.05) is 133 Å². The average molecular weight is 669 g/mol. The summed E-state index contributed by atoms with van der Waals surface area (Å²) in [4.78, 5) is 0. The zero-order valence-electron chi connectivity index (χ0n) is 28.5. The molecule has 0 unspecified atom stereocenters. The minimum atomic E-state index is 0.740. The minimum Gasteiger partial charge on any atom is -0.399 e. The van der Waals surface area contributed by atoms with Crippen LogP contribution in [0.5, 0.6) is 0 Å². The molecule has 0 aliphatic carbocycles. The summed E-state index contributed by atoms with van der Waals surface area (Å²) >= 11 is 0. The summed E-state index contributed by atoms with van der Waals surface area (Å²) in [7, 11) is 3.98. The van der Waals surface area contributed by atoms with Crippen LogP contribution in [0.25, 0.3) is 0 Å². The molecule has 0 aliphatic heterocycles. The molecule has 6 N–H and O–H groups in total.